The Labute approximate surface area is 150 Å². The van der Waals surface area contributed by atoms with Gasteiger partial charge in [-0.05, 0) is 30.5 Å². The van der Waals surface area contributed by atoms with E-state index in [4.69, 9.17) is 0 Å². The second kappa shape index (κ2) is 7.07. The maximum absolute atomic E-state index is 12.3. The third kappa shape index (κ3) is 3.51. The fourth-order valence-corrected chi connectivity index (χ4v) is 4.15. The van der Waals surface area contributed by atoms with Gasteiger partial charge in [-0.15, -0.1) is 11.3 Å². The van der Waals surface area contributed by atoms with Gasteiger partial charge in [0.05, 0.1) is 16.9 Å². The van der Waals surface area contributed by atoms with Gasteiger partial charge in [-0.25, -0.2) is 4.98 Å². The number of fused-ring (bicyclic) bond motifs is 1. The minimum Gasteiger partial charge on any atom is -0.309 e. The van der Waals surface area contributed by atoms with Gasteiger partial charge >= 0.3 is 0 Å². The molecule has 5 nitrogen and oxygen atoms in total. The lowest BCUT2D eigenvalue weighted by Crippen LogP contribution is -2.47. The molecule has 6 heteroatoms. The summed E-state index contributed by atoms with van der Waals surface area (Å²) in [6.45, 7) is 7.22. The summed E-state index contributed by atoms with van der Waals surface area (Å²) in [6, 6.07) is 11.9. The second-order valence-corrected chi connectivity index (χ2v) is 7.57. The van der Waals surface area contributed by atoms with Gasteiger partial charge in [0.1, 0.15) is 5.82 Å². The molecule has 0 amide bonds. The van der Waals surface area contributed by atoms with Crippen LogP contribution in [-0.4, -0.2) is 45.9 Å². The highest BCUT2D eigenvalue weighted by molar-refractivity contribution is 7.09. The summed E-state index contributed by atoms with van der Waals surface area (Å²) >= 11 is 1.82. The highest BCUT2D eigenvalue weighted by Gasteiger charge is 2.24. The first-order chi connectivity index (χ1) is 12.2. The SMILES string of the molecule is C[C@H](c1nc2ccccc2c(=O)[nH]1)N1CCN(Cc2cccs2)CC1. The summed E-state index contributed by atoms with van der Waals surface area (Å²) in [4.78, 5) is 26.3. The van der Waals surface area contributed by atoms with E-state index in [-0.39, 0.29) is 11.6 Å². The second-order valence-electron chi connectivity index (χ2n) is 6.54. The molecule has 4 rings (SSSR count). The number of H-pyrrole nitrogens is 1. The summed E-state index contributed by atoms with van der Waals surface area (Å²) < 4.78 is 0. The van der Waals surface area contributed by atoms with E-state index in [9.17, 15) is 4.79 Å². The first-order valence-corrected chi connectivity index (χ1v) is 9.56. The molecule has 0 saturated carbocycles. The number of aromatic amines is 1. The summed E-state index contributed by atoms with van der Waals surface area (Å²) in [6.07, 6.45) is 0. The fraction of sp³-hybridized carbons (Fsp3) is 0.368. The number of nitrogens with zero attached hydrogens (tertiary/aromatic N) is 3. The average Bonchev–Trinajstić information content (AvgIpc) is 3.15. The van der Waals surface area contributed by atoms with Crippen molar-refractivity contribution in [1.29, 1.82) is 0 Å². The van der Waals surface area contributed by atoms with Crippen LogP contribution in [0.5, 0.6) is 0 Å². The number of piperazine rings is 1. The summed E-state index contributed by atoms with van der Waals surface area (Å²) in [7, 11) is 0. The number of thiophene rings is 1. The highest BCUT2D eigenvalue weighted by atomic mass is 32.1. The van der Waals surface area contributed by atoms with E-state index < -0.39 is 0 Å². The van der Waals surface area contributed by atoms with Crippen LogP contribution in [0.25, 0.3) is 10.9 Å². The van der Waals surface area contributed by atoms with Crippen molar-refractivity contribution in [2.24, 2.45) is 0 Å². The standard InChI is InChI=1S/C19H22N4OS/c1-14(18-20-17-7-3-2-6-16(17)19(24)21-18)23-10-8-22(9-11-23)13-15-5-4-12-25-15/h2-7,12,14H,8-11,13H2,1H3,(H,20,21,24)/t14-/m1/s1. The number of hydrogen-bond donors (Lipinski definition) is 1. The molecule has 0 unspecified atom stereocenters. The Morgan fingerprint density at radius 3 is 2.72 bits per heavy atom. The normalized spacial score (nSPS) is 17.8. The van der Waals surface area contributed by atoms with Crippen LogP contribution < -0.4 is 5.56 Å². The third-order valence-corrected chi connectivity index (χ3v) is 5.80. The Kier molecular flexibility index (Phi) is 4.65. The molecule has 2 aromatic heterocycles. The van der Waals surface area contributed by atoms with Crippen molar-refractivity contribution in [1.82, 2.24) is 19.8 Å². The van der Waals surface area contributed by atoms with Gasteiger partial charge in [-0.2, -0.15) is 0 Å². The highest BCUT2D eigenvalue weighted by Crippen LogP contribution is 2.20. The number of para-hydroxylation sites is 1. The fourth-order valence-electron chi connectivity index (χ4n) is 3.41. The molecular weight excluding hydrogens is 332 g/mol. The lowest BCUT2D eigenvalue weighted by molar-refractivity contribution is 0.0954. The molecule has 1 N–H and O–H groups in total. The van der Waals surface area contributed by atoms with Crippen molar-refractivity contribution >= 4 is 22.2 Å². The van der Waals surface area contributed by atoms with Crippen LogP contribution in [0.15, 0.2) is 46.6 Å². The van der Waals surface area contributed by atoms with Gasteiger partial charge in [0.25, 0.3) is 5.56 Å². The van der Waals surface area contributed by atoms with Crippen molar-refractivity contribution in [3.63, 3.8) is 0 Å². The Balaban J connectivity index is 1.45. The van der Waals surface area contributed by atoms with E-state index in [1.165, 1.54) is 4.88 Å². The van der Waals surface area contributed by atoms with Crippen LogP contribution in [0.3, 0.4) is 0 Å². The minimum absolute atomic E-state index is 0.0521. The van der Waals surface area contributed by atoms with Crippen LogP contribution >= 0.6 is 11.3 Å². The minimum atomic E-state index is -0.0521. The molecule has 0 spiro atoms. The van der Waals surface area contributed by atoms with Gasteiger partial charge in [-0.1, -0.05) is 18.2 Å². The lowest BCUT2D eigenvalue weighted by Gasteiger charge is -2.37. The Morgan fingerprint density at radius 1 is 1.16 bits per heavy atom. The van der Waals surface area contributed by atoms with Gasteiger partial charge in [0.2, 0.25) is 0 Å². The topological polar surface area (TPSA) is 52.2 Å². The van der Waals surface area contributed by atoms with Crippen LogP contribution in [0.2, 0.25) is 0 Å². The van der Waals surface area contributed by atoms with E-state index >= 15 is 0 Å². The molecule has 0 radical (unpaired) electrons. The van der Waals surface area contributed by atoms with Crippen LogP contribution in [0.4, 0.5) is 0 Å². The zero-order valence-corrected chi connectivity index (χ0v) is 15.1. The summed E-state index contributed by atoms with van der Waals surface area (Å²) in [5.74, 6) is 0.760. The van der Waals surface area contributed by atoms with Gasteiger partial charge in [-0.3, -0.25) is 14.6 Å². The molecule has 1 saturated heterocycles. The molecule has 1 fully saturated rings. The van der Waals surface area contributed by atoms with Crippen molar-refractivity contribution in [3.8, 4) is 0 Å². The number of benzene rings is 1. The predicted octanol–water partition coefficient (Wildman–Crippen LogP) is 2.86. The molecule has 1 atom stereocenters. The van der Waals surface area contributed by atoms with E-state index in [0.717, 1.165) is 44.1 Å². The molecule has 1 aliphatic heterocycles. The van der Waals surface area contributed by atoms with Gasteiger partial charge < -0.3 is 4.98 Å². The zero-order valence-electron chi connectivity index (χ0n) is 14.3. The zero-order chi connectivity index (χ0) is 17.2. The van der Waals surface area contributed by atoms with Crippen molar-refractivity contribution in [2.75, 3.05) is 26.2 Å². The predicted molar refractivity (Wildman–Crippen MR) is 102 cm³/mol. The monoisotopic (exact) mass is 354 g/mol. The third-order valence-electron chi connectivity index (χ3n) is 4.94. The molecule has 1 aromatic carbocycles. The number of rotatable bonds is 4. The van der Waals surface area contributed by atoms with Crippen LogP contribution in [-0.2, 0) is 6.54 Å². The Hall–Kier alpha value is -2.02. The van der Waals surface area contributed by atoms with Crippen LogP contribution in [0, 0.1) is 0 Å². The molecular formula is C19H22N4OS. The van der Waals surface area contributed by atoms with Gasteiger partial charge in [0.15, 0.2) is 0 Å². The van der Waals surface area contributed by atoms with E-state index in [1.807, 2.05) is 35.6 Å². The van der Waals surface area contributed by atoms with E-state index in [1.54, 1.807) is 0 Å². The maximum Gasteiger partial charge on any atom is 0.258 e. The van der Waals surface area contributed by atoms with E-state index in [2.05, 4.69) is 44.2 Å². The summed E-state index contributed by atoms with van der Waals surface area (Å²) in [5.41, 5.74) is 0.716. The number of nitrogens with one attached hydrogen (secondary N) is 1. The number of aromatic nitrogens is 2. The van der Waals surface area contributed by atoms with Crippen molar-refractivity contribution in [3.05, 3.63) is 62.8 Å². The first kappa shape index (κ1) is 16.4. The Bertz CT molecular complexity index is 897. The quantitative estimate of drug-likeness (QED) is 0.783. The molecule has 3 aromatic rings. The largest absolute Gasteiger partial charge is 0.309 e. The Morgan fingerprint density at radius 2 is 1.96 bits per heavy atom. The molecule has 1 aliphatic rings. The lowest BCUT2D eigenvalue weighted by atomic mass is 10.2. The molecule has 25 heavy (non-hydrogen) atoms. The molecule has 130 valence electrons. The maximum atomic E-state index is 12.3. The molecule has 0 bridgehead atoms. The molecule has 0 aliphatic carbocycles. The molecule has 3 heterocycles. The first-order valence-electron chi connectivity index (χ1n) is 8.68. The van der Waals surface area contributed by atoms with Gasteiger partial charge in [0, 0.05) is 37.6 Å². The van der Waals surface area contributed by atoms with Crippen molar-refractivity contribution < 1.29 is 0 Å². The van der Waals surface area contributed by atoms with E-state index in [0.29, 0.717) is 5.39 Å². The van der Waals surface area contributed by atoms with Crippen LogP contribution in [0.1, 0.15) is 23.7 Å². The summed E-state index contributed by atoms with van der Waals surface area (Å²) in [5, 5.41) is 2.79. The smallest absolute Gasteiger partial charge is 0.258 e. The number of hydrogen-bond acceptors (Lipinski definition) is 5. The van der Waals surface area contributed by atoms with Crippen molar-refractivity contribution in [2.45, 2.75) is 19.5 Å². The average molecular weight is 354 g/mol.